The van der Waals surface area contributed by atoms with Gasteiger partial charge in [0.05, 0.1) is 0 Å². The van der Waals surface area contributed by atoms with E-state index in [9.17, 15) is 0 Å². The van der Waals surface area contributed by atoms with Gasteiger partial charge in [0.2, 0.25) is 0 Å². The molecule has 0 aromatic rings. The van der Waals surface area contributed by atoms with Gasteiger partial charge in [0.15, 0.2) is 0 Å². The number of unbranched alkanes of at least 4 members (excludes halogenated alkanes) is 12. The summed E-state index contributed by atoms with van der Waals surface area (Å²) in [5, 5.41) is 0. The Kier molecular flexibility index (Phi) is 16.2. The zero-order valence-corrected chi connectivity index (χ0v) is 14.9. The molecule has 21 heavy (non-hydrogen) atoms. The van der Waals surface area contributed by atoms with Crippen LogP contribution in [0, 0.1) is 0 Å². The first-order valence-corrected chi connectivity index (χ1v) is 9.64. The Morgan fingerprint density at radius 1 is 0.429 bits per heavy atom. The number of hydrogen-bond donors (Lipinski definition) is 2. The van der Waals surface area contributed by atoms with E-state index >= 15 is 0 Å². The summed E-state index contributed by atoms with van der Waals surface area (Å²) in [5.41, 5.74) is 11.5. The van der Waals surface area contributed by atoms with Crippen molar-refractivity contribution >= 4 is 0 Å². The lowest BCUT2D eigenvalue weighted by Gasteiger charge is -2.05. The second-order valence-corrected chi connectivity index (χ2v) is 7.13. The van der Waals surface area contributed by atoms with Crippen LogP contribution in [0.25, 0.3) is 0 Å². The highest BCUT2D eigenvalue weighted by atomic mass is 14.6. The van der Waals surface area contributed by atoms with Crippen LogP contribution in [0.2, 0.25) is 0 Å². The quantitative estimate of drug-likeness (QED) is 0.368. The molecule has 0 saturated carbocycles. The third kappa shape index (κ3) is 19.9. The third-order valence-electron chi connectivity index (χ3n) is 4.32. The van der Waals surface area contributed by atoms with Gasteiger partial charge in [0.25, 0.3) is 0 Å². The van der Waals surface area contributed by atoms with Crippen LogP contribution < -0.4 is 11.5 Å². The molecule has 0 spiro atoms. The molecule has 128 valence electrons. The minimum absolute atomic E-state index is 0.392. The minimum atomic E-state index is 0.392. The summed E-state index contributed by atoms with van der Waals surface area (Å²) >= 11 is 0. The Hall–Kier alpha value is -0.0800. The van der Waals surface area contributed by atoms with E-state index in [1.165, 1.54) is 96.3 Å². The summed E-state index contributed by atoms with van der Waals surface area (Å²) in [6.45, 7) is 4.22. The molecule has 0 aliphatic carbocycles. The molecule has 0 bridgehead atoms. The van der Waals surface area contributed by atoms with Gasteiger partial charge < -0.3 is 11.5 Å². The molecule has 0 saturated heterocycles. The van der Waals surface area contributed by atoms with Crippen LogP contribution in [-0.4, -0.2) is 12.1 Å². The Bertz CT molecular complexity index is 170. The highest BCUT2D eigenvalue weighted by Crippen LogP contribution is 2.13. The van der Waals surface area contributed by atoms with E-state index < -0.39 is 0 Å². The SMILES string of the molecule is CC(N)CCCCCCCCCCCCCCCC(C)N. The van der Waals surface area contributed by atoms with Crippen LogP contribution in [0.15, 0.2) is 0 Å². The first kappa shape index (κ1) is 20.9. The molecule has 0 aromatic carbocycles. The first-order chi connectivity index (χ1) is 10.1. The van der Waals surface area contributed by atoms with E-state index in [1.807, 2.05) is 0 Å². The van der Waals surface area contributed by atoms with Gasteiger partial charge in [-0.2, -0.15) is 0 Å². The van der Waals surface area contributed by atoms with Crippen molar-refractivity contribution in [2.45, 2.75) is 122 Å². The minimum Gasteiger partial charge on any atom is -0.328 e. The van der Waals surface area contributed by atoms with E-state index in [0.717, 1.165) is 0 Å². The Morgan fingerprint density at radius 3 is 0.810 bits per heavy atom. The zero-order chi connectivity index (χ0) is 15.8. The van der Waals surface area contributed by atoms with Crippen LogP contribution in [-0.2, 0) is 0 Å². The molecule has 0 rings (SSSR count). The molecule has 2 heteroatoms. The second-order valence-electron chi connectivity index (χ2n) is 7.13. The van der Waals surface area contributed by atoms with Gasteiger partial charge >= 0.3 is 0 Å². The summed E-state index contributed by atoms with van der Waals surface area (Å²) in [4.78, 5) is 0. The van der Waals surface area contributed by atoms with Crippen LogP contribution >= 0.6 is 0 Å². The van der Waals surface area contributed by atoms with E-state index in [1.54, 1.807) is 0 Å². The topological polar surface area (TPSA) is 52.0 Å². The van der Waals surface area contributed by atoms with Crippen LogP contribution in [0.5, 0.6) is 0 Å². The average molecular weight is 299 g/mol. The maximum absolute atomic E-state index is 5.75. The zero-order valence-electron chi connectivity index (χ0n) is 14.9. The predicted octanol–water partition coefficient (Wildman–Crippen LogP) is 5.53. The third-order valence-corrected chi connectivity index (χ3v) is 4.32. The fourth-order valence-electron chi connectivity index (χ4n) is 2.88. The molecule has 0 radical (unpaired) electrons. The summed E-state index contributed by atoms with van der Waals surface area (Å²) in [6.07, 6.45) is 20.7. The van der Waals surface area contributed by atoms with E-state index in [4.69, 9.17) is 11.5 Å². The molecule has 0 amide bonds. The highest BCUT2D eigenvalue weighted by molar-refractivity contribution is 4.55. The normalized spacial score (nSPS) is 14.3. The van der Waals surface area contributed by atoms with Gasteiger partial charge in [0.1, 0.15) is 0 Å². The largest absolute Gasteiger partial charge is 0.328 e. The smallest absolute Gasteiger partial charge is 0.00104 e. The van der Waals surface area contributed by atoms with Gasteiger partial charge in [-0.05, 0) is 26.7 Å². The van der Waals surface area contributed by atoms with Crippen LogP contribution in [0.3, 0.4) is 0 Å². The Morgan fingerprint density at radius 2 is 0.619 bits per heavy atom. The van der Waals surface area contributed by atoms with Crippen LogP contribution in [0.4, 0.5) is 0 Å². The Balaban J connectivity index is 2.96. The van der Waals surface area contributed by atoms with Crippen molar-refractivity contribution in [1.29, 1.82) is 0 Å². The highest BCUT2D eigenvalue weighted by Gasteiger charge is 1.96. The molecule has 2 nitrogen and oxygen atoms in total. The molecule has 0 heterocycles. The lowest BCUT2D eigenvalue weighted by Crippen LogP contribution is -2.13. The standard InChI is InChI=1S/C19H42N2/c1-18(20)16-14-12-10-8-6-4-3-5-7-9-11-13-15-17-19(2)21/h18-19H,3-17,20-21H2,1-2H3. The monoisotopic (exact) mass is 298 g/mol. The molecule has 0 aromatic heterocycles. The van der Waals surface area contributed by atoms with E-state index in [2.05, 4.69) is 13.8 Å². The average Bonchev–Trinajstić information content (AvgIpc) is 2.42. The van der Waals surface area contributed by atoms with E-state index in [0.29, 0.717) is 12.1 Å². The predicted molar refractivity (Wildman–Crippen MR) is 96.6 cm³/mol. The molecule has 2 atom stereocenters. The Labute approximate surface area is 134 Å². The fraction of sp³-hybridized carbons (Fsp3) is 1.00. The van der Waals surface area contributed by atoms with Gasteiger partial charge in [-0.25, -0.2) is 0 Å². The van der Waals surface area contributed by atoms with Crippen molar-refractivity contribution in [3.8, 4) is 0 Å². The van der Waals surface area contributed by atoms with Gasteiger partial charge in [-0.3, -0.25) is 0 Å². The molecule has 0 aliphatic rings. The molecular weight excluding hydrogens is 256 g/mol. The van der Waals surface area contributed by atoms with Crippen LogP contribution in [0.1, 0.15) is 110 Å². The molecule has 0 aliphatic heterocycles. The summed E-state index contributed by atoms with van der Waals surface area (Å²) in [6, 6.07) is 0.785. The first-order valence-electron chi connectivity index (χ1n) is 9.64. The van der Waals surface area contributed by atoms with Gasteiger partial charge in [-0.15, -0.1) is 0 Å². The molecule has 4 N–H and O–H groups in total. The maximum Gasteiger partial charge on any atom is 0.00104 e. The second kappa shape index (κ2) is 16.3. The van der Waals surface area contributed by atoms with Gasteiger partial charge in [-0.1, -0.05) is 83.5 Å². The number of nitrogens with two attached hydrogens (primary N) is 2. The fourth-order valence-corrected chi connectivity index (χ4v) is 2.88. The van der Waals surface area contributed by atoms with Crippen molar-refractivity contribution < 1.29 is 0 Å². The van der Waals surface area contributed by atoms with Gasteiger partial charge in [0, 0.05) is 12.1 Å². The summed E-state index contributed by atoms with van der Waals surface area (Å²) < 4.78 is 0. The molecule has 0 fully saturated rings. The van der Waals surface area contributed by atoms with Crippen molar-refractivity contribution in [1.82, 2.24) is 0 Å². The van der Waals surface area contributed by atoms with Crippen molar-refractivity contribution in [2.75, 3.05) is 0 Å². The molecular formula is C19H42N2. The number of hydrogen-bond acceptors (Lipinski definition) is 2. The number of rotatable bonds is 16. The maximum atomic E-state index is 5.75. The van der Waals surface area contributed by atoms with E-state index in [-0.39, 0.29) is 0 Å². The van der Waals surface area contributed by atoms with Crippen molar-refractivity contribution in [2.24, 2.45) is 11.5 Å². The summed E-state index contributed by atoms with van der Waals surface area (Å²) in [7, 11) is 0. The lowest BCUT2D eigenvalue weighted by molar-refractivity contribution is 0.517. The van der Waals surface area contributed by atoms with Crippen molar-refractivity contribution in [3.05, 3.63) is 0 Å². The lowest BCUT2D eigenvalue weighted by atomic mass is 10.0. The summed E-state index contributed by atoms with van der Waals surface area (Å²) in [5.74, 6) is 0. The van der Waals surface area contributed by atoms with Crippen molar-refractivity contribution in [3.63, 3.8) is 0 Å². The molecule has 2 unspecified atom stereocenters.